The van der Waals surface area contributed by atoms with Crippen molar-refractivity contribution in [2.45, 2.75) is 31.3 Å². The number of rotatable bonds is 5. The summed E-state index contributed by atoms with van der Waals surface area (Å²) in [5, 5.41) is 20.8. The molecule has 1 unspecified atom stereocenters. The first-order valence-electron chi connectivity index (χ1n) is 7.11. The van der Waals surface area contributed by atoms with E-state index in [9.17, 15) is 9.90 Å². The minimum Gasteiger partial charge on any atom is -0.382 e. The number of H-pyrrole nitrogens is 1. The van der Waals surface area contributed by atoms with E-state index in [0.29, 0.717) is 31.2 Å². The van der Waals surface area contributed by atoms with Crippen molar-refractivity contribution in [1.29, 1.82) is 0 Å². The molecule has 2 heterocycles. The molecule has 110 valence electrons. The summed E-state index contributed by atoms with van der Waals surface area (Å²) in [6.07, 6.45) is 5.27. The number of β-amino-alcohol motifs (C(OH)–C–C–N with tert-alkyl or cyclic N) is 1. The van der Waals surface area contributed by atoms with Gasteiger partial charge in [0.1, 0.15) is 17.9 Å². The Hall–Kier alpha value is -1.47. The first-order chi connectivity index (χ1) is 9.67. The molecule has 1 aliphatic carbocycles. The summed E-state index contributed by atoms with van der Waals surface area (Å²) in [7, 11) is 0. The topological polar surface area (TPSA) is 91.3 Å². The summed E-state index contributed by atoms with van der Waals surface area (Å²) < 4.78 is 5.42. The molecule has 1 saturated carbocycles. The minimum atomic E-state index is -1.10. The number of hydrogen-bond acceptors (Lipinski definition) is 5. The van der Waals surface area contributed by atoms with E-state index in [2.05, 4.69) is 15.4 Å². The van der Waals surface area contributed by atoms with Crippen LogP contribution in [0.5, 0.6) is 0 Å². The van der Waals surface area contributed by atoms with Crippen molar-refractivity contribution in [2.24, 2.45) is 5.92 Å². The lowest BCUT2D eigenvalue weighted by Crippen LogP contribution is -2.49. The highest BCUT2D eigenvalue weighted by atomic mass is 16.5. The van der Waals surface area contributed by atoms with Crippen LogP contribution < -0.4 is 0 Å². The van der Waals surface area contributed by atoms with Crippen LogP contribution in [0.15, 0.2) is 6.20 Å². The summed E-state index contributed by atoms with van der Waals surface area (Å²) >= 11 is 0. The number of aromatic nitrogens is 3. The summed E-state index contributed by atoms with van der Waals surface area (Å²) in [4.78, 5) is 13.8. The number of piperidine rings is 1. The second-order valence-corrected chi connectivity index (χ2v) is 5.76. The predicted octanol–water partition coefficient (Wildman–Crippen LogP) is 0.0413. The summed E-state index contributed by atoms with van der Waals surface area (Å²) in [5.41, 5.74) is -0.605. The maximum absolute atomic E-state index is 12.1. The molecule has 2 aliphatic rings. The summed E-state index contributed by atoms with van der Waals surface area (Å²) in [5.74, 6) is 0.587. The zero-order chi connectivity index (χ0) is 14.0. The van der Waals surface area contributed by atoms with Crippen LogP contribution in [0.4, 0.5) is 0 Å². The quantitative estimate of drug-likeness (QED) is 0.794. The van der Waals surface area contributed by atoms with Gasteiger partial charge >= 0.3 is 0 Å². The average molecular weight is 280 g/mol. The van der Waals surface area contributed by atoms with Gasteiger partial charge in [-0.1, -0.05) is 0 Å². The molecule has 1 aliphatic heterocycles. The molecule has 2 fully saturated rings. The number of hydrogen-bond donors (Lipinski definition) is 2. The van der Waals surface area contributed by atoms with Crippen LogP contribution >= 0.6 is 0 Å². The molecule has 7 nitrogen and oxygen atoms in total. The Morgan fingerprint density at radius 2 is 2.45 bits per heavy atom. The lowest BCUT2D eigenvalue weighted by molar-refractivity contribution is -0.144. The van der Waals surface area contributed by atoms with Crippen LogP contribution in [0.1, 0.15) is 31.4 Å². The zero-order valence-corrected chi connectivity index (χ0v) is 11.4. The lowest BCUT2D eigenvalue weighted by Gasteiger charge is -2.37. The van der Waals surface area contributed by atoms with Gasteiger partial charge in [0.2, 0.25) is 5.91 Å². The molecule has 1 aromatic rings. The molecular weight excluding hydrogens is 260 g/mol. The number of amides is 1. The van der Waals surface area contributed by atoms with Gasteiger partial charge in [0.05, 0.1) is 19.3 Å². The Balaban J connectivity index is 1.55. The van der Waals surface area contributed by atoms with Crippen LogP contribution in [0.2, 0.25) is 0 Å². The molecule has 1 atom stereocenters. The van der Waals surface area contributed by atoms with Crippen molar-refractivity contribution >= 4 is 5.91 Å². The van der Waals surface area contributed by atoms with Gasteiger partial charge in [-0.05, 0) is 31.6 Å². The van der Waals surface area contributed by atoms with Crippen molar-refractivity contribution in [3.8, 4) is 0 Å². The van der Waals surface area contributed by atoms with E-state index in [0.717, 1.165) is 6.42 Å². The van der Waals surface area contributed by atoms with Gasteiger partial charge in [-0.3, -0.25) is 4.79 Å². The fourth-order valence-corrected chi connectivity index (χ4v) is 2.57. The van der Waals surface area contributed by atoms with Crippen molar-refractivity contribution in [3.05, 3.63) is 11.9 Å². The molecule has 0 radical (unpaired) electrons. The third kappa shape index (κ3) is 2.99. The average Bonchev–Trinajstić information content (AvgIpc) is 3.08. The minimum absolute atomic E-state index is 0.0627. The maximum Gasteiger partial charge on any atom is 0.248 e. The van der Waals surface area contributed by atoms with Gasteiger partial charge in [0.15, 0.2) is 0 Å². The number of likely N-dealkylation sites (tertiary alicyclic amines) is 1. The van der Waals surface area contributed by atoms with E-state index < -0.39 is 5.60 Å². The highest BCUT2D eigenvalue weighted by Gasteiger charge is 2.38. The van der Waals surface area contributed by atoms with Gasteiger partial charge < -0.3 is 14.7 Å². The second kappa shape index (κ2) is 5.49. The number of ether oxygens (including phenoxy) is 1. The highest BCUT2D eigenvalue weighted by molar-refractivity contribution is 5.77. The Bertz CT molecular complexity index is 460. The van der Waals surface area contributed by atoms with Crippen LogP contribution in [0.3, 0.4) is 0 Å². The van der Waals surface area contributed by atoms with Gasteiger partial charge in [-0.2, -0.15) is 15.4 Å². The van der Waals surface area contributed by atoms with E-state index in [4.69, 9.17) is 4.74 Å². The molecule has 2 N–H and O–H groups in total. The van der Waals surface area contributed by atoms with Gasteiger partial charge in [-0.25, -0.2) is 0 Å². The number of carbonyl (C=O) groups excluding carboxylic acids is 1. The molecule has 1 amide bonds. The summed E-state index contributed by atoms with van der Waals surface area (Å²) in [6.45, 7) is 1.69. The third-order valence-electron chi connectivity index (χ3n) is 3.99. The van der Waals surface area contributed by atoms with E-state index >= 15 is 0 Å². The predicted molar refractivity (Wildman–Crippen MR) is 69.6 cm³/mol. The van der Waals surface area contributed by atoms with E-state index in [1.807, 2.05) is 0 Å². The van der Waals surface area contributed by atoms with Crippen molar-refractivity contribution in [3.63, 3.8) is 0 Å². The molecular formula is C13H20N4O3. The number of aliphatic hydroxyl groups is 1. The van der Waals surface area contributed by atoms with Crippen LogP contribution in [-0.2, 0) is 15.1 Å². The monoisotopic (exact) mass is 280 g/mol. The number of nitrogens with one attached hydrogen (secondary N) is 1. The number of nitrogens with zero attached hydrogens (tertiary/aromatic N) is 3. The van der Waals surface area contributed by atoms with E-state index in [1.165, 1.54) is 19.0 Å². The first-order valence-corrected chi connectivity index (χ1v) is 7.11. The van der Waals surface area contributed by atoms with Crippen molar-refractivity contribution in [1.82, 2.24) is 20.3 Å². The molecule has 20 heavy (non-hydrogen) atoms. The third-order valence-corrected chi connectivity index (χ3v) is 3.99. The van der Waals surface area contributed by atoms with Crippen LogP contribution in [0, 0.1) is 5.92 Å². The normalized spacial score (nSPS) is 26.8. The van der Waals surface area contributed by atoms with Crippen molar-refractivity contribution in [2.75, 3.05) is 26.3 Å². The van der Waals surface area contributed by atoms with Crippen LogP contribution in [-0.4, -0.2) is 57.6 Å². The van der Waals surface area contributed by atoms with Gasteiger partial charge in [0.25, 0.3) is 0 Å². The van der Waals surface area contributed by atoms with Crippen molar-refractivity contribution < 1.29 is 14.6 Å². The highest BCUT2D eigenvalue weighted by Crippen LogP contribution is 2.30. The summed E-state index contributed by atoms with van der Waals surface area (Å²) in [6, 6.07) is 0. The SMILES string of the molecule is O=C(COCC1CC1)N1CCCC(O)(c2cn[nH]n2)C1. The van der Waals surface area contributed by atoms with E-state index in [1.54, 1.807) is 4.90 Å². The lowest BCUT2D eigenvalue weighted by atomic mass is 9.90. The molecule has 0 bridgehead atoms. The Kier molecular flexibility index (Phi) is 3.71. The molecule has 7 heteroatoms. The molecule has 3 rings (SSSR count). The van der Waals surface area contributed by atoms with Crippen LogP contribution in [0.25, 0.3) is 0 Å². The molecule has 1 saturated heterocycles. The van der Waals surface area contributed by atoms with E-state index in [-0.39, 0.29) is 19.1 Å². The Morgan fingerprint density at radius 3 is 3.15 bits per heavy atom. The second-order valence-electron chi connectivity index (χ2n) is 5.76. The number of aromatic amines is 1. The standard InChI is InChI=1S/C13H20N4O3/c18-12(8-20-7-10-2-3-10)17-5-1-4-13(19,9-17)11-6-14-16-15-11/h6,10,19H,1-5,7-9H2,(H,14,15,16). The Morgan fingerprint density at radius 1 is 1.60 bits per heavy atom. The van der Waals surface area contributed by atoms with Gasteiger partial charge in [-0.15, -0.1) is 0 Å². The largest absolute Gasteiger partial charge is 0.382 e. The number of carbonyl (C=O) groups is 1. The molecule has 0 spiro atoms. The fourth-order valence-electron chi connectivity index (χ4n) is 2.57. The molecule has 1 aromatic heterocycles. The van der Waals surface area contributed by atoms with Gasteiger partial charge in [0, 0.05) is 6.54 Å². The first kappa shape index (κ1) is 13.5. The fraction of sp³-hybridized carbons (Fsp3) is 0.769. The zero-order valence-electron chi connectivity index (χ0n) is 11.4. The maximum atomic E-state index is 12.1. The smallest absolute Gasteiger partial charge is 0.248 e. The Labute approximate surface area is 117 Å². The molecule has 0 aromatic carbocycles.